The van der Waals surface area contributed by atoms with E-state index in [0.717, 1.165) is 114 Å². The highest BCUT2D eigenvalue weighted by Crippen LogP contribution is 2.45. The minimum absolute atomic E-state index is 0.106. The summed E-state index contributed by atoms with van der Waals surface area (Å²) in [7, 11) is -9.92. The molecule has 5 atom stereocenters. The molecule has 0 saturated carbocycles. The van der Waals surface area contributed by atoms with Crippen molar-refractivity contribution in [2.24, 2.45) is 23.7 Å². The second kappa shape index (κ2) is 69.1. The van der Waals surface area contributed by atoms with E-state index >= 15 is 0 Å². The number of rotatable bonds is 77. The number of hydrogen-bond donors (Lipinski definition) is 3. The van der Waals surface area contributed by atoms with Gasteiger partial charge in [0, 0.05) is 25.7 Å². The first kappa shape index (κ1) is 97.1. The highest BCUT2D eigenvalue weighted by Gasteiger charge is 2.30. The minimum Gasteiger partial charge on any atom is -0.462 e. The standard InChI is InChI=1S/C80H156O17P2/c1-70(2)56-48-40-32-24-17-11-9-13-20-28-36-44-52-60-77(82)90-66-75(96-79(84)62-54-46-38-29-21-14-10-12-18-25-33-41-49-57-71(3)4)68-94-98(86,87)92-64-74(81)65-93-99(88,89)95-69-76(67-91-78(83)61-53-45-37-31-23-27-35-43-51-59-73(7)8)97-80(85)63-55-47-39-30-22-16-15-19-26-34-42-50-58-72(5)6/h70-76,81H,9-69H2,1-8H3,(H,86,87)(H,88,89)/t74-,75-,76-/m1/s1. The SMILES string of the molecule is CC(C)CCCCCCCCCCCCCCCC(=O)OC[C@H](COP(=O)(O)OC[C@@H](O)COP(=O)(O)OC[C@@H](COC(=O)CCCCCCCCCCCC(C)C)OC(=O)CCCCCCCCCCCCCCC(C)C)OC(=O)CCCCCCCCCCCCCCCC(C)C. The molecule has 0 spiro atoms. The van der Waals surface area contributed by atoms with Crippen LogP contribution in [0.25, 0.3) is 0 Å². The van der Waals surface area contributed by atoms with E-state index in [4.69, 9.17) is 37.0 Å². The summed E-state index contributed by atoms with van der Waals surface area (Å²) in [6.45, 7) is 14.3. The fraction of sp³-hybridized carbons (Fsp3) is 0.950. The van der Waals surface area contributed by atoms with Crippen molar-refractivity contribution in [1.82, 2.24) is 0 Å². The first-order valence-corrected chi connectivity index (χ1v) is 44.2. The van der Waals surface area contributed by atoms with Crippen molar-refractivity contribution < 1.29 is 80.2 Å². The molecular formula is C80H156O17P2. The Morgan fingerprint density at radius 1 is 0.253 bits per heavy atom. The highest BCUT2D eigenvalue weighted by molar-refractivity contribution is 7.47. The Morgan fingerprint density at radius 2 is 0.424 bits per heavy atom. The number of unbranched alkanes of at least 4 members (excludes halogenated alkanes) is 43. The molecule has 2 unspecified atom stereocenters. The van der Waals surface area contributed by atoms with E-state index in [9.17, 15) is 43.2 Å². The molecule has 17 nitrogen and oxygen atoms in total. The van der Waals surface area contributed by atoms with Crippen molar-refractivity contribution in [1.29, 1.82) is 0 Å². The molecule has 0 aliphatic rings. The Labute approximate surface area is 607 Å². The van der Waals surface area contributed by atoms with Gasteiger partial charge < -0.3 is 33.8 Å². The number of phosphoric ester groups is 2. The lowest BCUT2D eigenvalue weighted by atomic mass is 10.0. The highest BCUT2D eigenvalue weighted by atomic mass is 31.2. The maximum Gasteiger partial charge on any atom is 0.472 e. The average Bonchev–Trinajstić information content (AvgIpc) is 0.935. The molecule has 99 heavy (non-hydrogen) atoms. The smallest absolute Gasteiger partial charge is 0.462 e. The van der Waals surface area contributed by atoms with Crippen molar-refractivity contribution in [3.05, 3.63) is 0 Å². The molecule has 3 N–H and O–H groups in total. The van der Waals surface area contributed by atoms with Crippen LogP contribution in [-0.4, -0.2) is 96.7 Å². The van der Waals surface area contributed by atoms with Gasteiger partial charge in [0.2, 0.25) is 0 Å². The summed E-state index contributed by atoms with van der Waals surface area (Å²) in [5.74, 6) is 0.984. The van der Waals surface area contributed by atoms with Gasteiger partial charge in [-0.3, -0.25) is 37.3 Å². The Kier molecular flexibility index (Phi) is 67.8. The summed E-state index contributed by atoms with van der Waals surface area (Å²) in [4.78, 5) is 73.0. The zero-order valence-corrected chi connectivity index (χ0v) is 66.9. The van der Waals surface area contributed by atoms with E-state index in [1.165, 1.54) is 212 Å². The average molecular weight is 1450 g/mol. The van der Waals surface area contributed by atoms with Crippen LogP contribution in [0.3, 0.4) is 0 Å². The molecule has 0 aliphatic heterocycles. The zero-order chi connectivity index (χ0) is 73.1. The van der Waals surface area contributed by atoms with Crippen LogP contribution in [-0.2, 0) is 65.4 Å². The number of carbonyl (C=O) groups is 4. The molecule has 0 rings (SSSR count). The lowest BCUT2D eigenvalue weighted by Gasteiger charge is -2.21. The summed E-state index contributed by atoms with van der Waals surface area (Å²) in [6, 6.07) is 0. The summed E-state index contributed by atoms with van der Waals surface area (Å²) in [5.41, 5.74) is 0. The van der Waals surface area contributed by atoms with Crippen LogP contribution in [0, 0.1) is 23.7 Å². The molecule has 0 aromatic heterocycles. The molecule has 0 radical (unpaired) electrons. The van der Waals surface area contributed by atoms with Gasteiger partial charge in [0.15, 0.2) is 12.2 Å². The molecular weight excluding hydrogens is 1290 g/mol. The van der Waals surface area contributed by atoms with Crippen LogP contribution in [0.4, 0.5) is 0 Å². The third kappa shape index (κ3) is 74.1. The number of aliphatic hydroxyl groups is 1. The van der Waals surface area contributed by atoms with E-state index in [-0.39, 0.29) is 25.7 Å². The maximum atomic E-state index is 13.1. The second-order valence-electron chi connectivity index (χ2n) is 30.7. The summed E-state index contributed by atoms with van der Waals surface area (Å²) >= 11 is 0. The molecule has 0 heterocycles. The van der Waals surface area contributed by atoms with Gasteiger partial charge in [-0.2, -0.15) is 0 Å². The van der Waals surface area contributed by atoms with Crippen LogP contribution in [0.15, 0.2) is 0 Å². The molecule has 588 valence electrons. The predicted octanol–water partition coefficient (Wildman–Crippen LogP) is 23.6. The van der Waals surface area contributed by atoms with Crippen molar-refractivity contribution in [3.63, 3.8) is 0 Å². The summed E-state index contributed by atoms with van der Waals surface area (Å²) < 4.78 is 68.7. The van der Waals surface area contributed by atoms with Crippen LogP contribution in [0.2, 0.25) is 0 Å². The van der Waals surface area contributed by atoms with Gasteiger partial charge in [0.1, 0.15) is 19.3 Å². The van der Waals surface area contributed by atoms with Crippen molar-refractivity contribution >= 4 is 39.5 Å². The second-order valence-corrected chi connectivity index (χ2v) is 33.6. The maximum absolute atomic E-state index is 13.1. The zero-order valence-electron chi connectivity index (χ0n) is 65.1. The first-order chi connectivity index (χ1) is 47.6. The van der Waals surface area contributed by atoms with Gasteiger partial charge in [0.25, 0.3) is 0 Å². The van der Waals surface area contributed by atoms with E-state index in [0.29, 0.717) is 25.7 Å². The number of esters is 4. The van der Waals surface area contributed by atoms with Gasteiger partial charge in [-0.1, -0.05) is 357 Å². The summed E-state index contributed by atoms with van der Waals surface area (Å²) in [6.07, 6.45) is 55.4. The van der Waals surface area contributed by atoms with E-state index in [1.54, 1.807) is 0 Å². The Bertz CT molecular complexity index is 1940. The molecule has 0 saturated heterocycles. The summed E-state index contributed by atoms with van der Waals surface area (Å²) in [5, 5.41) is 10.6. The number of ether oxygens (including phenoxy) is 4. The largest absolute Gasteiger partial charge is 0.472 e. The van der Waals surface area contributed by atoms with E-state index in [1.807, 2.05) is 0 Å². The third-order valence-electron chi connectivity index (χ3n) is 18.6. The molecule has 0 amide bonds. The molecule has 19 heteroatoms. The van der Waals surface area contributed by atoms with Crippen molar-refractivity contribution in [2.45, 2.75) is 427 Å². The number of aliphatic hydroxyl groups excluding tert-OH is 1. The molecule has 0 fully saturated rings. The first-order valence-electron chi connectivity index (χ1n) is 41.2. The number of hydrogen-bond acceptors (Lipinski definition) is 15. The van der Waals surface area contributed by atoms with E-state index < -0.39 is 97.5 Å². The van der Waals surface area contributed by atoms with Gasteiger partial charge in [0.05, 0.1) is 26.4 Å². The Morgan fingerprint density at radius 3 is 0.626 bits per heavy atom. The van der Waals surface area contributed by atoms with Gasteiger partial charge in [-0.05, 0) is 49.4 Å². The molecule has 0 aromatic rings. The van der Waals surface area contributed by atoms with E-state index in [2.05, 4.69) is 55.4 Å². The quantitative estimate of drug-likeness (QED) is 0.0222. The van der Waals surface area contributed by atoms with Crippen molar-refractivity contribution in [2.75, 3.05) is 39.6 Å². The van der Waals surface area contributed by atoms with Crippen LogP contribution >= 0.6 is 15.6 Å². The fourth-order valence-electron chi connectivity index (χ4n) is 12.3. The number of carbonyl (C=O) groups excluding carboxylic acids is 4. The van der Waals surface area contributed by atoms with Gasteiger partial charge in [-0.15, -0.1) is 0 Å². The topological polar surface area (TPSA) is 237 Å². The van der Waals surface area contributed by atoms with Crippen molar-refractivity contribution in [3.8, 4) is 0 Å². The molecule has 0 bridgehead atoms. The predicted molar refractivity (Wildman–Crippen MR) is 404 cm³/mol. The molecule has 0 aromatic carbocycles. The lowest BCUT2D eigenvalue weighted by Crippen LogP contribution is -2.30. The van der Waals surface area contributed by atoms with Gasteiger partial charge >= 0.3 is 39.5 Å². The lowest BCUT2D eigenvalue weighted by molar-refractivity contribution is -0.161. The van der Waals surface area contributed by atoms with Crippen LogP contribution in [0.1, 0.15) is 409 Å². The van der Waals surface area contributed by atoms with Gasteiger partial charge in [-0.25, -0.2) is 9.13 Å². The molecule has 0 aliphatic carbocycles. The number of phosphoric acid groups is 2. The third-order valence-corrected chi connectivity index (χ3v) is 20.5. The van der Waals surface area contributed by atoms with Crippen LogP contribution < -0.4 is 0 Å². The monoisotopic (exact) mass is 1450 g/mol. The minimum atomic E-state index is -4.96. The Hall–Kier alpha value is -1.94. The van der Waals surface area contributed by atoms with Crippen LogP contribution in [0.5, 0.6) is 0 Å². The normalized spacial score (nSPS) is 14.1. The fourth-order valence-corrected chi connectivity index (χ4v) is 13.8. The Balaban J connectivity index is 5.27.